The molecular weight excluding hydrogens is 610 g/mol. The lowest BCUT2D eigenvalue weighted by Gasteiger charge is -2.43. The number of ether oxygens (including phenoxy) is 2. The molecule has 7 rings (SSSR count). The van der Waals surface area contributed by atoms with Crippen molar-refractivity contribution in [2.75, 3.05) is 32.7 Å². The van der Waals surface area contributed by atoms with Crippen molar-refractivity contribution in [3.63, 3.8) is 0 Å². The Balaban J connectivity index is 1.09. The highest BCUT2D eigenvalue weighted by molar-refractivity contribution is 5.94. The maximum Gasteiger partial charge on any atom is 0.251 e. The van der Waals surface area contributed by atoms with Crippen LogP contribution < -0.4 is 5.32 Å². The Bertz CT molecular complexity index is 1660. The third-order valence-electron chi connectivity index (χ3n) is 10.7. The lowest BCUT2D eigenvalue weighted by molar-refractivity contribution is -0.276. The van der Waals surface area contributed by atoms with Gasteiger partial charge in [-0.05, 0) is 85.3 Å². The van der Waals surface area contributed by atoms with Crippen LogP contribution in [0.4, 0.5) is 0 Å². The van der Waals surface area contributed by atoms with E-state index in [1.165, 1.54) is 38.8 Å². The lowest BCUT2D eigenvalue weighted by atomic mass is 9.89. The Hall–Kier alpha value is -3.85. The number of carbonyl (C=O) groups excluding carboxylic acids is 1. The molecule has 5 atom stereocenters. The maximum absolute atomic E-state index is 12.7. The average molecular weight is 660 g/mol. The number of carbonyl (C=O) groups is 1. The molecule has 0 spiro atoms. The highest BCUT2D eigenvalue weighted by Gasteiger charge is 2.40. The number of aliphatic hydroxyl groups is 1. The molecule has 0 aliphatic carbocycles. The molecule has 3 fully saturated rings. The zero-order chi connectivity index (χ0) is 33.6. The summed E-state index contributed by atoms with van der Waals surface area (Å²) in [7, 11) is 0. The molecule has 256 valence electrons. The predicted molar refractivity (Wildman–Crippen MR) is 193 cm³/mol. The Kier molecular flexibility index (Phi) is 10.8. The summed E-state index contributed by atoms with van der Waals surface area (Å²) >= 11 is 0. The monoisotopic (exact) mass is 659 g/mol. The highest BCUT2D eigenvalue weighted by atomic mass is 16.7. The van der Waals surface area contributed by atoms with Crippen molar-refractivity contribution in [1.82, 2.24) is 15.1 Å². The second kappa shape index (κ2) is 15.8. The summed E-state index contributed by atoms with van der Waals surface area (Å²) in [6.07, 6.45) is 4.50. The van der Waals surface area contributed by atoms with Gasteiger partial charge in [0.15, 0.2) is 6.29 Å². The first kappa shape index (κ1) is 33.6. The van der Waals surface area contributed by atoms with Crippen molar-refractivity contribution < 1.29 is 19.4 Å². The molecule has 3 aliphatic heterocycles. The van der Waals surface area contributed by atoms with Crippen molar-refractivity contribution in [3.05, 3.63) is 131 Å². The summed E-state index contributed by atoms with van der Waals surface area (Å²) in [6, 6.07) is 34.8. The summed E-state index contributed by atoms with van der Waals surface area (Å²) in [5.41, 5.74) is 6.86. The number of likely N-dealkylation sites (tertiary alicyclic amines) is 2. The normalized spacial score (nSPS) is 24.7. The zero-order valence-corrected chi connectivity index (χ0v) is 28.5. The summed E-state index contributed by atoms with van der Waals surface area (Å²) in [5, 5.41) is 12.7. The fraction of sp³-hybridized carbons (Fsp3) is 0.405. The summed E-state index contributed by atoms with van der Waals surface area (Å²) in [4.78, 5) is 18.1. The molecule has 0 aromatic heterocycles. The van der Waals surface area contributed by atoms with E-state index in [0.29, 0.717) is 18.2 Å². The second-order valence-electron chi connectivity index (χ2n) is 13.9. The van der Waals surface area contributed by atoms with Gasteiger partial charge in [0.25, 0.3) is 5.91 Å². The van der Waals surface area contributed by atoms with E-state index in [1.807, 2.05) is 54.6 Å². The van der Waals surface area contributed by atoms with E-state index in [4.69, 9.17) is 9.47 Å². The Morgan fingerprint density at radius 3 is 2.27 bits per heavy atom. The van der Waals surface area contributed by atoms with Gasteiger partial charge in [0.1, 0.15) is 0 Å². The molecule has 3 saturated heterocycles. The van der Waals surface area contributed by atoms with E-state index in [0.717, 1.165) is 53.0 Å². The first-order valence-corrected chi connectivity index (χ1v) is 18.0. The van der Waals surface area contributed by atoms with E-state index >= 15 is 0 Å². The van der Waals surface area contributed by atoms with E-state index in [2.05, 4.69) is 70.6 Å². The highest BCUT2D eigenvalue weighted by Crippen LogP contribution is 2.42. The molecule has 2 N–H and O–H groups in total. The molecule has 0 radical (unpaired) electrons. The summed E-state index contributed by atoms with van der Waals surface area (Å²) < 4.78 is 13.7. The Morgan fingerprint density at radius 1 is 0.796 bits per heavy atom. The molecule has 0 unspecified atom stereocenters. The van der Waals surface area contributed by atoms with Crippen molar-refractivity contribution in [2.24, 2.45) is 5.92 Å². The van der Waals surface area contributed by atoms with Crippen LogP contribution in [0.1, 0.15) is 77.6 Å². The van der Waals surface area contributed by atoms with E-state index in [1.54, 1.807) is 0 Å². The van der Waals surface area contributed by atoms with Crippen LogP contribution in [0.25, 0.3) is 11.1 Å². The quantitative estimate of drug-likeness (QED) is 0.179. The molecule has 49 heavy (non-hydrogen) atoms. The zero-order valence-electron chi connectivity index (χ0n) is 28.5. The van der Waals surface area contributed by atoms with Crippen molar-refractivity contribution in [1.29, 1.82) is 0 Å². The van der Waals surface area contributed by atoms with Gasteiger partial charge in [-0.3, -0.25) is 9.69 Å². The SMILES string of the molecule is C[C@H]1[C@@H](CN2CCC[C@H]2CN2CCCC2)O[C@@H](c2ccc(-c3ccccc3CNC(=O)c3ccccc3)cc2)O[C@H]1c1ccc(CO)cc1. The molecule has 7 heteroatoms. The van der Waals surface area contributed by atoms with Gasteiger partial charge < -0.3 is 24.8 Å². The van der Waals surface area contributed by atoms with Crippen LogP contribution in [-0.2, 0) is 22.6 Å². The molecule has 4 aromatic rings. The van der Waals surface area contributed by atoms with E-state index in [9.17, 15) is 9.90 Å². The third-order valence-corrected chi connectivity index (χ3v) is 10.7. The number of aliphatic hydroxyl groups excluding tert-OH is 1. The minimum Gasteiger partial charge on any atom is -0.392 e. The number of hydrogen-bond acceptors (Lipinski definition) is 6. The maximum atomic E-state index is 12.7. The topological polar surface area (TPSA) is 74.3 Å². The van der Waals surface area contributed by atoms with Crippen LogP contribution >= 0.6 is 0 Å². The minimum atomic E-state index is -0.502. The average Bonchev–Trinajstić information content (AvgIpc) is 3.84. The smallest absolute Gasteiger partial charge is 0.251 e. The van der Waals surface area contributed by atoms with Gasteiger partial charge in [0.2, 0.25) is 0 Å². The molecule has 7 nitrogen and oxygen atoms in total. The fourth-order valence-electron chi connectivity index (χ4n) is 7.81. The Morgan fingerprint density at radius 2 is 1.51 bits per heavy atom. The standard InChI is InChI=1S/C42H49N3O4/c1-30-39(28-45-25-9-13-37(45)27-44-23-7-8-24-44)48-42(49-40(30)33-17-15-31(29-46)16-18-33)35-21-19-32(20-22-35)38-14-6-5-12-36(38)26-43-41(47)34-10-3-2-4-11-34/h2-6,10-12,14-22,30,37,39-40,42,46H,7-9,13,23-29H2,1H3,(H,43,47)/t30-,37-,39+,40+,42+/m0/s1. The number of hydrogen-bond donors (Lipinski definition) is 2. The predicted octanol–water partition coefficient (Wildman–Crippen LogP) is 7.13. The van der Waals surface area contributed by atoms with E-state index in [-0.39, 0.29) is 30.6 Å². The number of amides is 1. The fourth-order valence-corrected chi connectivity index (χ4v) is 7.81. The molecule has 0 bridgehead atoms. The molecule has 1 amide bonds. The number of rotatable bonds is 11. The van der Waals surface area contributed by atoms with Crippen LogP contribution in [-0.4, -0.2) is 65.7 Å². The largest absolute Gasteiger partial charge is 0.392 e. The van der Waals surface area contributed by atoms with Gasteiger partial charge in [-0.1, -0.05) is 97.9 Å². The second-order valence-corrected chi connectivity index (χ2v) is 13.9. The van der Waals surface area contributed by atoms with Gasteiger partial charge in [0.05, 0.1) is 18.8 Å². The van der Waals surface area contributed by atoms with Gasteiger partial charge in [0, 0.05) is 42.7 Å². The Labute approximate surface area is 290 Å². The van der Waals surface area contributed by atoms with Crippen molar-refractivity contribution in [3.8, 4) is 11.1 Å². The lowest BCUT2D eigenvalue weighted by Crippen LogP contribution is -2.48. The molecule has 3 aliphatic rings. The van der Waals surface area contributed by atoms with Crippen molar-refractivity contribution >= 4 is 5.91 Å². The van der Waals surface area contributed by atoms with Gasteiger partial charge in [-0.2, -0.15) is 0 Å². The third kappa shape index (κ3) is 7.98. The number of nitrogens with one attached hydrogen (secondary N) is 1. The first-order chi connectivity index (χ1) is 24.1. The van der Waals surface area contributed by atoms with E-state index < -0.39 is 6.29 Å². The molecule has 3 heterocycles. The van der Waals surface area contributed by atoms with Crippen LogP contribution in [0.3, 0.4) is 0 Å². The molecular formula is C42H49N3O4. The molecule has 4 aromatic carbocycles. The first-order valence-electron chi connectivity index (χ1n) is 18.0. The summed E-state index contributed by atoms with van der Waals surface area (Å²) in [5.74, 6) is 0.0690. The number of nitrogens with zero attached hydrogens (tertiary/aromatic N) is 2. The molecule has 0 saturated carbocycles. The van der Waals surface area contributed by atoms with Gasteiger partial charge in [-0.15, -0.1) is 0 Å². The number of benzene rings is 4. The van der Waals surface area contributed by atoms with Crippen LogP contribution in [0.2, 0.25) is 0 Å². The van der Waals surface area contributed by atoms with Crippen LogP contribution in [0.15, 0.2) is 103 Å². The summed E-state index contributed by atoms with van der Waals surface area (Å²) in [6.45, 7) is 8.34. The van der Waals surface area contributed by atoms with Crippen LogP contribution in [0.5, 0.6) is 0 Å². The van der Waals surface area contributed by atoms with Gasteiger partial charge >= 0.3 is 0 Å². The van der Waals surface area contributed by atoms with Crippen LogP contribution in [0, 0.1) is 5.92 Å². The minimum absolute atomic E-state index is 0.00840. The van der Waals surface area contributed by atoms with Crippen molar-refractivity contribution in [2.45, 2.75) is 70.3 Å². The van der Waals surface area contributed by atoms with Gasteiger partial charge in [-0.25, -0.2) is 0 Å².